The molecule has 0 aliphatic carbocycles. The van der Waals surface area contributed by atoms with Crippen molar-refractivity contribution in [1.29, 1.82) is 0 Å². The van der Waals surface area contributed by atoms with Crippen LogP contribution in [0.5, 0.6) is 0 Å². The Balaban J connectivity index is 2.53. The highest BCUT2D eigenvalue weighted by Crippen LogP contribution is 2.18. The fraction of sp³-hybridized carbons (Fsp3) is 0.786. The Morgan fingerprint density at radius 2 is 2.00 bits per heavy atom. The molecule has 3 heteroatoms. The summed E-state index contributed by atoms with van der Waals surface area (Å²) in [7, 11) is 0. The smallest absolute Gasteiger partial charge is 0.0897 e. The second-order valence-electron chi connectivity index (χ2n) is 4.73. The minimum absolute atomic E-state index is 0.589. The summed E-state index contributed by atoms with van der Waals surface area (Å²) < 4.78 is 0. The Kier molecular flexibility index (Phi) is 6.75. The lowest BCUT2D eigenvalue weighted by Gasteiger charge is -2.22. The summed E-state index contributed by atoms with van der Waals surface area (Å²) in [6.45, 7) is 9.91. The van der Waals surface area contributed by atoms with Crippen molar-refractivity contribution in [1.82, 2.24) is 10.3 Å². The summed E-state index contributed by atoms with van der Waals surface area (Å²) in [5.41, 5.74) is 1.25. The van der Waals surface area contributed by atoms with Crippen LogP contribution in [0.15, 0.2) is 5.38 Å². The summed E-state index contributed by atoms with van der Waals surface area (Å²) >= 11 is 1.76. The van der Waals surface area contributed by atoms with E-state index in [2.05, 4.69) is 43.4 Å². The van der Waals surface area contributed by atoms with Gasteiger partial charge in [0, 0.05) is 17.8 Å². The molecule has 0 bridgehead atoms. The second kappa shape index (κ2) is 7.83. The normalized spacial score (nSPS) is 13.2. The molecule has 0 saturated heterocycles. The first-order valence-corrected chi connectivity index (χ1v) is 7.71. The fourth-order valence-electron chi connectivity index (χ4n) is 2.31. The van der Waals surface area contributed by atoms with Crippen LogP contribution >= 0.6 is 11.3 Å². The van der Waals surface area contributed by atoms with Gasteiger partial charge in [0.05, 0.1) is 10.7 Å². The van der Waals surface area contributed by atoms with Crippen LogP contribution in [-0.2, 0) is 6.42 Å². The van der Waals surface area contributed by atoms with Crippen LogP contribution < -0.4 is 5.32 Å². The van der Waals surface area contributed by atoms with Gasteiger partial charge in [-0.05, 0) is 25.8 Å². The average molecular weight is 254 g/mol. The van der Waals surface area contributed by atoms with Gasteiger partial charge in [0.25, 0.3) is 0 Å². The van der Waals surface area contributed by atoms with Gasteiger partial charge in [0.15, 0.2) is 0 Å². The number of hydrogen-bond donors (Lipinski definition) is 1. The Morgan fingerprint density at radius 1 is 1.29 bits per heavy atom. The zero-order chi connectivity index (χ0) is 12.7. The molecule has 0 spiro atoms. The van der Waals surface area contributed by atoms with Gasteiger partial charge in [0.1, 0.15) is 0 Å². The lowest BCUT2D eigenvalue weighted by Crippen LogP contribution is -2.33. The van der Waals surface area contributed by atoms with E-state index in [-0.39, 0.29) is 0 Å². The number of nitrogens with one attached hydrogen (secondary N) is 1. The van der Waals surface area contributed by atoms with Gasteiger partial charge in [-0.2, -0.15) is 0 Å². The molecule has 0 aromatic carbocycles. The first kappa shape index (κ1) is 14.7. The molecule has 98 valence electrons. The Morgan fingerprint density at radius 3 is 2.47 bits per heavy atom. The number of aryl methyl sites for hydroxylation is 1. The van der Waals surface area contributed by atoms with Crippen molar-refractivity contribution in [3.63, 3.8) is 0 Å². The van der Waals surface area contributed by atoms with Crippen molar-refractivity contribution in [2.45, 2.75) is 59.4 Å². The van der Waals surface area contributed by atoms with E-state index in [1.54, 1.807) is 11.3 Å². The maximum atomic E-state index is 4.57. The minimum atomic E-state index is 0.589. The average Bonchev–Trinajstić information content (AvgIpc) is 2.71. The molecule has 0 saturated carbocycles. The maximum absolute atomic E-state index is 4.57. The Hall–Kier alpha value is -0.410. The van der Waals surface area contributed by atoms with Gasteiger partial charge >= 0.3 is 0 Å². The van der Waals surface area contributed by atoms with E-state index in [0.717, 1.165) is 18.9 Å². The molecule has 1 atom stereocenters. The molecular weight excluding hydrogens is 228 g/mol. The first-order valence-electron chi connectivity index (χ1n) is 6.83. The lowest BCUT2D eigenvalue weighted by molar-refractivity contribution is 0.366. The third-order valence-electron chi connectivity index (χ3n) is 3.39. The van der Waals surface area contributed by atoms with Crippen LogP contribution in [0.4, 0.5) is 0 Å². The molecule has 2 nitrogen and oxygen atoms in total. The van der Waals surface area contributed by atoms with E-state index in [1.165, 1.54) is 30.0 Å². The third kappa shape index (κ3) is 5.17. The number of rotatable bonds is 8. The topological polar surface area (TPSA) is 24.9 Å². The van der Waals surface area contributed by atoms with Crippen molar-refractivity contribution >= 4 is 11.3 Å². The lowest BCUT2D eigenvalue weighted by atomic mass is 9.93. The first-order chi connectivity index (χ1) is 8.19. The largest absolute Gasteiger partial charge is 0.314 e. The number of hydrogen-bond acceptors (Lipinski definition) is 3. The summed E-state index contributed by atoms with van der Waals surface area (Å²) in [6, 6.07) is 0.589. The van der Waals surface area contributed by atoms with Gasteiger partial charge in [0.2, 0.25) is 0 Å². The quantitative estimate of drug-likeness (QED) is 0.763. The molecule has 0 aliphatic rings. The Labute approximate surface area is 110 Å². The highest BCUT2D eigenvalue weighted by molar-refractivity contribution is 7.09. The van der Waals surface area contributed by atoms with E-state index in [4.69, 9.17) is 0 Å². The highest BCUT2D eigenvalue weighted by Gasteiger charge is 2.15. The standard InChI is InChI=1S/C14H26N2S/c1-5-12(6-2)8-13(15-7-3)9-14-10-17-11(4)16-14/h10,12-13,15H,5-9H2,1-4H3. The maximum Gasteiger partial charge on any atom is 0.0897 e. The van der Waals surface area contributed by atoms with Crippen molar-refractivity contribution in [2.24, 2.45) is 5.92 Å². The van der Waals surface area contributed by atoms with Crippen molar-refractivity contribution in [3.05, 3.63) is 16.1 Å². The Bertz CT molecular complexity index is 305. The molecule has 0 aliphatic heterocycles. The van der Waals surface area contributed by atoms with E-state index in [0.29, 0.717) is 6.04 Å². The third-order valence-corrected chi connectivity index (χ3v) is 4.21. The molecule has 0 fully saturated rings. The number of thiazole rings is 1. The second-order valence-corrected chi connectivity index (χ2v) is 5.80. The molecule has 0 amide bonds. The highest BCUT2D eigenvalue weighted by atomic mass is 32.1. The summed E-state index contributed by atoms with van der Waals surface area (Å²) in [4.78, 5) is 4.57. The predicted molar refractivity (Wildman–Crippen MR) is 76.7 cm³/mol. The van der Waals surface area contributed by atoms with Gasteiger partial charge in [-0.25, -0.2) is 4.98 Å². The molecule has 1 N–H and O–H groups in total. The van der Waals surface area contributed by atoms with E-state index in [1.807, 2.05) is 0 Å². The van der Waals surface area contributed by atoms with Crippen LogP contribution in [0.25, 0.3) is 0 Å². The van der Waals surface area contributed by atoms with Crippen LogP contribution in [-0.4, -0.2) is 17.6 Å². The van der Waals surface area contributed by atoms with Crippen molar-refractivity contribution < 1.29 is 0 Å². The fourth-order valence-corrected chi connectivity index (χ4v) is 2.93. The molecule has 1 aromatic rings. The summed E-state index contributed by atoms with van der Waals surface area (Å²) in [6.07, 6.45) is 4.93. The van der Waals surface area contributed by atoms with Crippen LogP contribution in [0, 0.1) is 12.8 Å². The molecule has 1 heterocycles. The van der Waals surface area contributed by atoms with Crippen LogP contribution in [0.2, 0.25) is 0 Å². The molecule has 0 radical (unpaired) electrons. The zero-order valence-electron chi connectivity index (χ0n) is 11.6. The summed E-state index contributed by atoms with van der Waals surface area (Å²) in [5, 5.41) is 6.98. The SMILES string of the molecule is CCNC(Cc1csc(C)n1)CC(CC)CC. The van der Waals surface area contributed by atoms with E-state index in [9.17, 15) is 0 Å². The van der Waals surface area contributed by atoms with E-state index >= 15 is 0 Å². The van der Waals surface area contributed by atoms with Gasteiger partial charge in [-0.1, -0.05) is 33.6 Å². The van der Waals surface area contributed by atoms with Crippen molar-refractivity contribution in [3.8, 4) is 0 Å². The summed E-state index contributed by atoms with van der Waals surface area (Å²) in [5.74, 6) is 0.846. The van der Waals surface area contributed by atoms with Crippen LogP contribution in [0.3, 0.4) is 0 Å². The van der Waals surface area contributed by atoms with Crippen LogP contribution in [0.1, 0.15) is 50.7 Å². The molecule has 1 rings (SSSR count). The molecule has 1 unspecified atom stereocenters. The number of likely N-dealkylation sites (N-methyl/N-ethyl adjacent to an activating group) is 1. The minimum Gasteiger partial charge on any atom is -0.314 e. The predicted octanol–water partition coefficient (Wildman–Crippen LogP) is 3.80. The molecular formula is C14H26N2S. The van der Waals surface area contributed by atoms with E-state index < -0.39 is 0 Å². The van der Waals surface area contributed by atoms with Gasteiger partial charge < -0.3 is 5.32 Å². The zero-order valence-corrected chi connectivity index (χ0v) is 12.4. The van der Waals surface area contributed by atoms with Gasteiger partial charge in [-0.3, -0.25) is 0 Å². The monoisotopic (exact) mass is 254 g/mol. The molecule has 17 heavy (non-hydrogen) atoms. The molecule has 1 aromatic heterocycles. The number of nitrogens with zero attached hydrogens (tertiary/aromatic N) is 1. The van der Waals surface area contributed by atoms with Gasteiger partial charge in [-0.15, -0.1) is 11.3 Å². The number of aromatic nitrogens is 1. The van der Waals surface area contributed by atoms with Crippen molar-refractivity contribution in [2.75, 3.05) is 6.54 Å².